The Balaban J connectivity index is 2.36. The third-order valence-corrected chi connectivity index (χ3v) is 2.69. The molecule has 20 heavy (non-hydrogen) atoms. The van der Waals surface area contributed by atoms with Crippen LogP contribution in [0, 0.1) is 11.3 Å². The van der Waals surface area contributed by atoms with E-state index >= 15 is 0 Å². The van der Waals surface area contributed by atoms with Crippen LogP contribution in [-0.2, 0) is 0 Å². The zero-order chi connectivity index (χ0) is 14.5. The van der Waals surface area contributed by atoms with Gasteiger partial charge in [-0.2, -0.15) is 20.2 Å². The largest absolute Gasteiger partial charge is 0.467 e. The van der Waals surface area contributed by atoms with E-state index in [1.165, 1.54) is 7.11 Å². The van der Waals surface area contributed by atoms with Crippen molar-refractivity contribution >= 4 is 29.2 Å². The van der Waals surface area contributed by atoms with Gasteiger partial charge >= 0.3 is 6.01 Å². The van der Waals surface area contributed by atoms with Gasteiger partial charge in [-0.25, -0.2) is 0 Å². The smallest absolute Gasteiger partial charge is 0.322 e. The molecule has 0 spiro atoms. The molecule has 1 heterocycles. The van der Waals surface area contributed by atoms with Gasteiger partial charge < -0.3 is 15.4 Å². The maximum Gasteiger partial charge on any atom is 0.322 e. The number of benzene rings is 1. The number of hydrogen-bond acceptors (Lipinski definition) is 7. The van der Waals surface area contributed by atoms with Crippen molar-refractivity contribution in [3.05, 3.63) is 28.8 Å². The lowest BCUT2D eigenvalue weighted by molar-refractivity contribution is 0.379. The fourth-order valence-corrected chi connectivity index (χ4v) is 1.59. The Morgan fingerprint density at radius 3 is 2.65 bits per heavy atom. The molecule has 8 heteroatoms. The van der Waals surface area contributed by atoms with E-state index in [2.05, 4.69) is 25.6 Å². The minimum absolute atomic E-state index is 0.166. The fraction of sp³-hybridized carbons (Fsp3) is 0.167. The summed E-state index contributed by atoms with van der Waals surface area (Å²) in [6.07, 6.45) is 0. The van der Waals surface area contributed by atoms with Crippen molar-refractivity contribution in [2.24, 2.45) is 0 Å². The van der Waals surface area contributed by atoms with E-state index in [9.17, 15) is 0 Å². The molecule has 0 bridgehead atoms. The molecule has 0 saturated heterocycles. The molecule has 2 N–H and O–H groups in total. The molecule has 0 aliphatic rings. The van der Waals surface area contributed by atoms with Crippen LogP contribution in [0.3, 0.4) is 0 Å². The maximum atomic E-state index is 8.89. The van der Waals surface area contributed by atoms with Gasteiger partial charge in [0.2, 0.25) is 11.9 Å². The highest BCUT2D eigenvalue weighted by Gasteiger charge is 2.08. The fourth-order valence-electron chi connectivity index (χ4n) is 1.43. The number of hydrogen-bond donors (Lipinski definition) is 2. The van der Waals surface area contributed by atoms with Crippen LogP contribution in [0.15, 0.2) is 18.2 Å². The Kier molecular flexibility index (Phi) is 4.17. The zero-order valence-corrected chi connectivity index (χ0v) is 11.6. The van der Waals surface area contributed by atoms with E-state index in [0.717, 1.165) is 0 Å². The van der Waals surface area contributed by atoms with Gasteiger partial charge in [0, 0.05) is 7.05 Å². The molecule has 0 amide bonds. The van der Waals surface area contributed by atoms with E-state index in [0.29, 0.717) is 22.2 Å². The van der Waals surface area contributed by atoms with E-state index in [4.69, 9.17) is 21.6 Å². The Morgan fingerprint density at radius 2 is 2.00 bits per heavy atom. The highest BCUT2D eigenvalue weighted by molar-refractivity contribution is 6.33. The van der Waals surface area contributed by atoms with Crippen LogP contribution in [0.4, 0.5) is 17.6 Å². The van der Waals surface area contributed by atoms with Gasteiger partial charge in [0.1, 0.15) is 0 Å². The zero-order valence-electron chi connectivity index (χ0n) is 10.8. The van der Waals surface area contributed by atoms with Gasteiger partial charge in [0.05, 0.1) is 29.5 Å². The number of rotatable bonds is 4. The van der Waals surface area contributed by atoms with Crippen LogP contribution in [0.5, 0.6) is 6.01 Å². The molecule has 102 valence electrons. The van der Waals surface area contributed by atoms with E-state index in [1.54, 1.807) is 25.2 Å². The highest BCUT2D eigenvalue weighted by Crippen LogP contribution is 2.25. The van der Waals surface area contributed by atoms with Gasteiger partial charge in [-0.15, -0.1) is 0 Å². The first kappa shape index (κ1) is 13.8. The predicted octanol–water partition coefficient (Wildman–Crippen LogP) is 2.19. The van der Waals surface area contributed by atoms with Crippen LogP contribution in [0.2, 0.25) is 5.02 Å². The second-order valence-electron chi connectivity index (χ2n) is 3.65. The molecule has 0 radical (unpaired) electrons. The quantitative estimate of drug-likeness (QED) is 0.891. The maximum absolute atomic E-state index is 8.89. The third-order valence-electron chi connectivity index (χ3n) is 2.36. The second-order valence-corrected chi connectivity index (χ2v) is 4.06. The molecule has 1 aromatic carbocycles. The molecule has 0 aliphatic heterocycles. The number of aromatic nitrogens is 3. The molecule has 0 fully saturated rings. The van der Waals surface area contributed by atoms with Crippen LogP contribution < -0.4 is 15.4 Å². The molecule has 0 unspecified atom stereocenters. The molecular weight excluding hydrogens is 280 g/mol. The molecule has 0 saturated carbocycles. The SMILES string of the molecule is CNc1nc(Nc2cc(C#N)ccc2Cl)nc(OC)n1. The van der Waals surface area contributed by atoms with Crippen LogP contribution >= 0.6 is 11.6 Å². The molecule has 0 aliphatic carbocycles. The molecule has 1 aromatic heterocycles. The van der Waals surface area contributed by atoms with Crippen molar-refractivity contribution in [1.82, 2.24) is 15.0 Å². The standard InChI is InChI=1S/C12H11ClN6O/c1-15-10-17-11(19-12(18-10)20-2)16-9-5-7(6-14)3-4-8(9)13/h3-5H,1-2H3,(H2,15,16,17,18,19). The summed E-state index contributed by atoms with van der Waals surface area (Å²) in [7, 11) is 3.14. The van der Waals surface area contributed by atoms with Crippen molar-refractivity contribution in [2.45, 2.75) is 0 Å². The van der Waals surface area contributed by atoms with E-state index in [-0.39, 0.29) is 12.0 Å². The number of halogens is 1. The summed E-state index contributed by atoms with van der Waals surface area (Å²) in [5, 5.41) is 15.1. The topological polar surface area (TPSA) is 95.8 Å². The molecule has 2 rings (SSSR count). The first-order valence-corrected chi connectivity index (χ1v) is 5.98. The normalized spacial score (nSPS) is 9.70. The Bertz CT molecular complexity index is 647. The highest BCUT2D eigenvalue weighted by atomic mass is 35.5. The van der Waals surface area contributed by atoms with Gasteiger partial charge in [-0.05, 0) is 18.2 Å². The van der Waals surface area contributed by atoms with Crippen molar-refractivity contribution < 1.29 is 4.74 Å². The average molecular weight is 291 g/mol. The van der Waals surface area contributed by atoms with Crippen molar-refractivity contribution in [1.29, 1.82) is 5.26 Å². The van der Waals surface area contributed by atoms with Crippen molar-refractivity contribution in [3.8, 4) is 12.1 Å². The summed E-state index contributed by atoms with van der Waals surface area (Å²) >= 11 is 6.06. The first-order chi connectivity index (χ1) is 9.66. The molecular formula is C12H11ClN6O. The summed E-state index contributed by atoms with van der Waals surface area (Å²) in [4.78, 5) is 12.2. The van der Waals surface area contributed by atoms with Crippen LogP contribution in [0.1, 0.15) is 5.56 Å². The number of methoxy groups -OCH3 is 1. The lowest BCUT2D eigenvalue weighted by atomic mass is 10.2. The van der Waals surface area contributed by atoms with E-state index < -0.39 is 0 Å². The molecule has 0 atom stereocenters. The second kappa shape index (κ2) is 6.04. The Hall–Kier alpha value is -2.59. The summed E-state index contributed by atoms with van der Waals surface area (Å²) in [5.74, 6) is 0.616. The monoisotopic (exact) mass is 290 g/mol. The minimum Gasteiger partial charge on any atom is -0.467 e. The van der Waals surface area contributed by atoms with Crippen molar-refractivity contribution in [3.63, 3.8) is 0 Å². The summed E-state index contributed by atoms with van der Waals surface area (Å²) in [6.45, 7) is 0. The number of ether oxygens (including phenoxy) is 1. The molecule has 2 aromatic rings. The number of nitriles is 1. The van der Waals surface area contributed by atoms with Gasteiger partial charge in [-0.1, -0.05) is 11.6 Å². The van der Waals surface area contributed by atoms with Crippen LogP contribution in [-0.4, -0.2) is 29.1 Å². The van der Waals surface area contributed by atoms with E-state index in [1.807, 2.05) is 6.07 Å². The summed E-state index contributed by atoms with van der Waals surface area (Å²) in [5.41, 5.74) is 1.01. The van der Waals surface area contributed by atoms with Gasteiger partial charge in [-0.3, -0.25) is 0 Å². The predicted molar refractivity (Wildman–Crippen MR) is 75.4 cm³/mol. The minimum atomic E-state index is 0.166. The number of nitrogens with zero attached hydrogens (tertiary/aromatic N) is 4. The number of nitrogens with one attached hydrogen (secondary N) is 2. The lowest BCUT2D eigenvalue weighted by Crippen LogP contribution is -2.05. The lowest BCUT2D eigenvalue weighted by Gasteiger charge is -2.09. The van der Waals surface area contributed by atoms with Gasteiger partial charge in [0.25, 0.3) is 0 Å². The van der Waals surface area contributed by atoms with Crippen LogP contribution in [0.25, 0.3) is 0 Å². The third kappa shape index (κ3) is 3.05. The Labute approximate surface area is 120 Å². The Morgan fingerprint density at radius 1 is 1.25 bits per heavy atom. The number of anilines is 3. The van der Waals surface area contributed by atoms with Gasteiger partial charge in [0.15, 0.2) is 0 Å². The van der Waals surface area contributed by atoms with Crippen molar-refractivity contribution in [2.75, 3.05) is 24.8 Å². The summed E-state index contributed by atoms with van der Waals surface area (Å²) in [6, 6.07) is 7.06. The first-order valence-electron chi connectivity index (χ1n) is 5.60. The molecule has 7 nitrogen and oxygen atoms in total. The average Bonchev–Trinajstić information content (AvgIpc) is 2.49. The summed E-state index contributed by atoms with van der Waals surface area (Å²) < 4.78 is 4.98.